The fourth-order valence-corrected chi connectivity index (χ4v) is 3.99. The number of hydrogen-bond donors (Lipinski definition) is 2. The van der Waals surface area contributed by atoms with E-state index in [1.807, 2.05) is 0 Å². The number of carboxylic acids is 2. The van der Waals surface area contributed by atoms with Crippen LogP contribution in [0.3, 0.4) is 0 Å². The summed E-state index contributed by atoms with van der Waals surface area (Å²) in [4.78, 5) is 22.7. The van der Waals surface area contributed by atoms with Crippen molar-refractivity contribution in [3.05, 3.63) is 11.6 Å². The highest BCUT2D eigenvalue weighted by Crippen LogP contribution is 2.26. The number of carbonyl (C=O) groups is 2. The normalized spacial score (nSPS) is 11.9. The molecule has 0 aromatic carbocycles. The van der Waals surface area contributed by atoms with E-state index >= 15 is 0 Å². The molecule has 0 aliphatic rings. The lowest BCUT2D eigenvalue weighted by molar-refractivity contribution is -0.135. The van der Waals surface area contributed by atoms with Gasteiger partial charge in [0, 0.05) is 11.6 Å². The van der Waals surface area contributed by atoms with Crippen LogP contribution in [0.15, 0.2) is 11.6 Å². The van der Waals surface area contributed by atoms with Gasteiger partial charge in [0.15, 0.2) is 0 Å². The Kier molecular flexibility index (Phi) is 19.1. The topological polar surface area (TPSA) is 74.6 Å². The van der Waals surface area contributed by atoms with Crippen molar-refractivity contribution in [2.24, 2.45) is 5.92 Å². The first-order valence-electron chi connectivity index (χ1n) is 12.2. The van der Waals surface area contributed by atoms with Crippen LogP contribution in [0.2, 0.25) is 0 Å². The Morgan fingerprint density at radius 3 is 1.28 bits per heavy atom. The fraction of sp³-hybridized carbons (Fsp3) is 0.840. The van der Waals surface area contributed by atoms with Crippen molar-refractivity contribution in [2.75, 3.05) is 0 Å². The molecule has 0 radical (unpaired) electrons. The predicted octanol–water partition coefficient (Wildman–Crippen LogP) is 7.76. The van der Waals surface area contributed by atoms with Crippen molar-refractivity contribution < 1.29 is 19.8 Å². The van der Waals surface area contributed by atoms with Crippen LogP contribution < -0.4 is 0 Å². The van der Waals surface area contributed by atoms with Gasteiger partial charge in [-0.2, -0.15) is 0 Å². The molecule has 2 N–H and O–H groups in total. The smallest absolute Gasteiger partial charge is 0.332 e. The van der Waals surface area contributed by atoms with Crippen molar-refractivity contribution in [3.63, 3.8) is 0 Å². The van der Waals surface area contributed by atoms with Crippen LogP contribution in [-0.2, 0) is 9.59 Å². The maximum Gasteiger partial charge on any atom is 0.332 e. The summed E-state index contributed by atoms with van der Waals surface area (Å²) >= 11 is 0. The van der Waals surface area contributed by atoms with Gasteiger partial charge < -0.3 is 10.2 Å². The van der Waals surface area contributed by atoms with Crippen molar-refractivity contribution in [1.29, 1.82) is 0 Å². The van der Waals surface area contributed by atoms with Crippen LogP contribution >= 0.6 is 0 Å². The summed E-state index contributed by atoms with van der Waals surface area (Å²) in [6, 6.07) is 0. The quantitative estimate of drug-likeness (QED) is 0.150. The summed E-state index contributed by atoms with van der Waals surface area (Å²) < 4.78 is 0. The van der Waals surface area contributed by atoms with Crippen molar-refractivity contribution in [2.45, 2.75) is 129 Å². The molecule has 0 fully saturated rings. The summed E-state index contributed by atoms with van der Waals surface area (Å²) in [6.45, 7) is 4.44. The molecule has 4 nitrogen and oxygen atoms in total. The molecule has 0 bridgehead atoms. The van der Waals surface area contributed by atoms with Gasteiger partial charge in [-0.15, -0.1) is 0 Å². The minimum Gasteiger partial charge on any atom is -0.478 e. The monoisotopic (exact) mass is 410 g/mol. The third kappa shape index (κ3) is 17.3. The Morgan fingerprint density at radius 2 is 0.966 bits per heavy atom. The lowest BCUT2D eigenvalue weighted by atomic mass is 9.87. The minimum absolute atomic E-state index is 0.0865. The average Bonchev–Trinajstić information content (AvgIpc) is 2.68. The van der Waals surface area contributed by atoms with E-state index in [0.717, 1.165) is 44.6 Å². The Morgan fingerprint density at radius 1 is 0.621 bits per heavy atom. The zero-order valence-corrected chi connectivity index (χ0v) is 19.1. The molecule has 0 amide bonds. The third-order valence-corrected chi connectivity index (χ3v) is 5.78. The molecule has 0 aliphatic carbocycles. The number of unbranched alkanes of at least 4 members (excludes halogenated alkanes) is 14. The van der Waals surface area contributed by atoms with Crippen LogP contribution in [0.1, 0.15) is 129 Å². The van der Waals surface area contributed by atoms with E-state index in [4.69, 9.17) is 5.11 Å². The number of rotatable bonds is 21. The lowest BCUT2D eigenvalue weighted by Crippen LogP contribution is -2.15. The van der Waals surface area contributed by atoms with Gasteiger partial charge in [-0.05, 0) is 18.8 Å². The maximum absolute atomic E-state index is 11.6. The van der Waals surface area contributed by atoms with Gasteiger partial charge in [0.25, 0.3) is 0 Å². The highest BCUT2D eigenvalue weighted by atomic mass is 16.4. The van der Waals surface area contributed by atoms with Gasteiger partial charge in [0.2, 0.25) is 0 Å². The second-order valence-electron chi connectivity index (χ2n) is 8.47. The molecule has 170 valence electrons. The van der Waals surface area contributed by atoms with Gasteiger partial charge in [-0.3, -0.25) is 0 Å². The molecule has 0 saturated carbocycles. The molecule has 0 rings (SSSR count). The summed E-state index contributed by atoms with van der Waals surface area (Å²) in [7, 11) is 0. The van der Waals surface area contributed by atoms with E-state index in [2.05, 4.69) is 13.8 Å². The van der Waals surface area contributed by atoms with Crippen molar-refractivity contribution in [3.8, 4) is 0 Å². The fourth-order valence-electron chi connectivity index (χ4n) is 3.99. The molecule has 0 aliphatic heterocycles. The summed E-state index contributed by atoms with van der Waals surface area (Å²) in [5, 5.41) is 18.6. The predicted molar refractivity (Wildman–Crippen MR) is 121 cm³/mol. The van der Waals surface area contributed by atoms with Gasteiger partial charge in [0.05, 0.1) is 0 Å². The van der Waals surface area contributed by atoms with E-state index in [0.29, 0.717) is 0 Å². The third-order valence-electron chi connectivity index (χ3n) is 5.78. The molecule has 4 heteroatoms. The first-order valence-corrected chi connectivity index (χ1v) is 12.2. The minimum atomic E-state index is -1.15. The number of carboxylic acid groups (broad SMARTS) is 2. The number of aliphatic carboxylic acids is 2. The Bertz CT molecular complexity index is 422. The molecule has 0 atom stereocenters. The Hall–Kier alpha value is -1.32. The zero-order valence-electron chi connectivity index (χ0n) is 19.1. The standard InChI is InChI=1S/C25H46O4/c1-3-5-7-9-11-13-15-17-19-22(23(25(28)29)21-24(26)27)20-18-16-14-12-10-8-6-4-2/h21-22H,3-20H2,1-2H3,(H,26,27)(H,28,29)/b23-21-. The van der Waals surface area contributed by atoms with Crippen LogP contribution in [0.25, 0.3) is 0 Å². The van der Waals surface area contributed by atoms with Gasteiger partial charge in [-0.25, -0.2) is 9.59 Å². The molecule has 0 aromatic rings. The molecular formula is C25H46O4. The summed E-state index contributed by atoms with van der Waals surface area (Å²) in [5.41, 5.74) is 0.0865. The van der Waals surface area contributed by atoms with E-state index in [-0.39, 0.29) is 11.5 Å². The maximum atomic E-state index is 11.6. The Balaban J connectivity index is 4.33. The zero-order chi connectivity index (χ0) is 21.7. The molecule has 0 unspecified atom stereocenters. The Labute approximate surface area is 179 Å². The second-order valence-corrected chi connectivity index (χ2v) is 8.47. The molecule has 0 spiro atoms. The molecule has 0 heterocycles. The van der Waals surface area contributed by atoms with E-state index in [1.165, 1.54) is 77.0 Å². The SMILES string of the molecule is CCCCCCCCCCC(CCCCCCCCCC)/C(=C/C(=O)O)C(=O)O. The van der Waals surface area contributed by atoms with Crippen LogP contribution in [0.5, 0.6) is 0 Å². The highest BCUT2D eigenvalue weighted by molar-refractivity contribution is 5.95. The molecule has 0 aromatic heterocycles. The molecular weight excluding hydrogens is 364 g/mol. The lowest BCUT2D eigenvalue weighted by Gasteiger charge is -2.17. The van der Waals surface area contributed by atoms with Gasteiger partial charge in [-0.1, -0.05) is 117 Å². The van der Waals surface area contributed by atoms with Crippen molar-refractivity contribution >= 4 is 11.9 Å². The van der Waals surface area contributed by atoms with E-state index in [9.17, 15) is 14.7 Å². The van der Waals surface area contributed by atoms with E-state index < -0.39 is 11.9 Å². The number of hydrogen-bond acceptors (Lipinski definition) is 2. The first kappa shape index (κ1) is 27.7. The largest absolute Gasteiger partial charge is 0.478 e. The molecule has 0 saturated heterocycles. The summed E-state index contributed by atoms with van der Waals surface area (Å²) in [5.74, 6) is -2.36. The van der Waals surface area contributed by atoms with Crippen LogP contribution in [0.4, 0.5) is 0 Å². The van der Waals surface area contributed by atoms with Crippen molar-refractivity contribution in [1.82, 2.24) is 0 Å². The van der Waals surface area contributed by atoms with Crippen LogP contribution in [0, 0.1) is 5.92 Å². The van der Waals surface area contributed by atoms with Crippen LogP contribution in [-0.4, -0.2) is 22.2 Å². The second kappa shape index (κ2) is 20.0. The van der Waals surface area contributed by atoms with Gasteiger partial charge >= 0.3 is 11.9 Å². The first-order chi connectivity index (χ1) is 14.0. The highest BCUT2D eigenvalue weighted by Gasteiger charge is 2.21. The van der Waals surface area contributed by atoms with Gasteiger partial charge in [0.1, 0.15) is 0 Å². The van der Waals surface area contributed by atoms with E-state index in [1.54, 1.807) is 0 Å². The summed E-state index contributed by atoms with van der Waals surface area (Å²) in [6.07, 6.45) is 21.9. The average molecular weight is 411 g/mol. The molecule has 29 heavy (non-hydrogen) atoms.